The molecule has 0 amide bonds. The minimum Gasteiger partial charge on any atom is -0.494 e. The van der Waals surface area contributed by atoms with E-state index in [0.717, 1.165) is 29.0 Å². The van der Waals surface area contributed by atoms with Gasteiger partial charge in [-0.3, -0.25) is 4.40 Å². The van der Waals surface area contributed by atoms with E-state index in [1.807, 2.05) is 60.0 Å². The zero-order valence-electron chi connectivity index (χ0n) is 14.8. The molecule has 6 heteroatoms. The molecule has 5 nitrogen and oxygen atoms in total. The van der Waals surface area contributed by atoms with Crippen molar-refractivity contribution in [1.29, 1.82) is 0 Å². The van der Waals surface area contributed by atoms with Crippen molar-refractivity contribution in [2.24, 2.45) is 0 Å². The number of rotatable bonds is 6. The predicted octanol–water partition coefficient (Wildman–Crippen LogP) is 5.22. The average molecular weight is 378 g/mol. The normalized spacial score (nSPS) is 11.0. The molecule has 0 aliphatic rings. The van der Waals surface area contributed by atoms with Crippen LogP contribution in [-0.4, -0.2) is 27.1 Å². The number of thiazole rings is 1. The number of aromatic nitrogens is 2. The fraction of sp³-hybridized carbons (Fsp3) is 0.143. The van der Waals surface area contributed by atoms with Crippen molar-refractivity contribution in [3.8, 4) is 28.3 Å². The van der Waals surface area contributed by atoms with Gasteiger partial charge in [-0.05, 0) is 36.2 Å². The van der Waals surface area contributed by atoms with Gasteiger partial charge in [0.05, 0.1) is 12.3 Å². The molecule has 0 unspecified atom stereocenters. The van der Waals surface area contributed by atoms with Gasteiger partial charge >= 0.3 is 5.97 Å². The van der Waals surface area contributed by atoms with E-state index in [1.54, 1.807) is 4.40 Å². The molecule has 0 saturated heterocycles. The van der Waals surface area contributed by atoms with E-state index in [1.165, 1.54) is 11.3 Å². The summed E-state index contributed by atoms with van der Waals surface area (Å²) in [6, 6.07) is 17.1. The lowest BCUT2D eigenvalue weighted by atomic mass is 10.1. The van der Waals surface area contributed by atoms with Gasteiger partial charge in [-0.1, -0.05) is 37.3 Å². The van der Waals surface area contributed by atoms with Gasteiger partial charge in [-0.25, -0.2) is 9.78 Å². The topological polar surface area (TPSA) is 63.8 Å². The second-order valence-electron chi connectivity index (χ2n) is 6.09. The lowest BCUT2D eigenvalue weighted by Crippen LogP contribution is -2.04. The third-order valence-electron chi connectivity index (χ3n) is 4.24. The highest BCUT2D eigenvalue weighted by atomic mass is 32.1. The standard InChI is InChI=1S/C21H18N2O3S/c1-2-12-26-16-10-8-14(9-11-16)17-13-27-21-22-18(15-6-4-3-5-7-15)19(20(24)25)23(17)21/h3-11,13H,2,12H2,1H3,(H,24,25). The minimum absolute atomic E-state index is 0.179. The number of aromatic carboxylic acids is 1. The molecular formula is C21H18N2O3S. The molecule has 0 aliphatic heterocycles. The largest absolute Gasteiger partial charge is 0.494 e. The average Bonchev–Trinajstić information content (AvgIpc) is 3.26. The first-order valence-corrected chi connectivity index (χ1v) is 9.59. The molecule has 2 heterocycles. The van der Waals surface area contributed by atoms with Crippen LogP contribution in [0.4, 0.5) is 0 Å². The van der Waals surface area contributed by atoms with Crippen LogP contribution in [0, 0.1) is 0 Å². The molecule has 0 aliphatic carbocycles. The van der Waals surface area contributed by atoms with Gasteiger partial charge in [-0.15, -0.1) is 11.3 Å². The molecule has 0 spiro atoms. The molecule has 4 aromatic rings. The Bertz CT molecular complexity index is 1080. The summed E-state index contributed by atoms with van der Waals surface area (Å²) in [6.45, 7) is 2.74. The van der Waals surface area contributed by atoms with Gasteiger partial charge in [0.25, 0.3) is 0 Å². The summed E-state index contributed by atoms with van der Waals surface area (Å²) >= 11 is 1.43. The molecule has 0 fully saturated rings. The number of ether oxygens (including phenoxy) is 1. The maximum Gasteiger partial charge on any atom is 0.355 e. The third-order valence-corrected chi connectivity index (χ3v) is 5.06. The summed E-state index contributed by atoms with van der Waals surface area (Å²) in [5.41, 5.74) is 3.19. The fourth-order valence-corrected chi connectivity index (χ4v) is 3.89. The van der Waals surface area contributed by atoms with Crippen LogP contribution in [0.15, 0.2) is 60.0 Å². The first-order chi connectivity index (χ1) is 13.2. The molecule has 0 atom stereocenters. The number of carboxylic acids is 1. The summed E-state index contributed by atoms with van der Waals surface area (Å²) < 4.78 is 7.35. The first kappa shape index (κ1) is 17.3. The molecule has 0 radical (unpaired) electrons. The molecule has 2 aromatic heterocycles. The van der Waals surface area contributed by atoms with Crippen LogP contribution in [0.2, 0.25) is 0 Å². The van der Waals surface area contributed by atoms with Crippen LogP contribution in [0.3, 0.4) is 0 Å². The van der Waals surface area contributed by atoms with Crippen LogP contribution in [0.5, 0.6) is 5.75 Å². The van der Waals surface area contributed by atoms with Crippen molar-refractivity contribution in [2.75, 3.05) is 6.61 Å². The Labute approximate surface area is 160 Å². The van der Waals surface area contributed by atoms with E-state index < -0.39 is 5.97 Å². The maximum absolute atomic E-state index is 12.0. The third kappa shape index (κ3) is 3.19. The van der Waals surface area contributed by atoms with E-state index in [-0.39, 0.29) is 5.69 Å². The van der Waals surface area contributed by atoms with Crippen molar-refractivity contribution in [1.82, 2.24) is 9.38 Å². The highest BCUT2D eigenvalue weighted by Gasteiger charge is 2.23. The van der Waals surface area contributed by atoms with Crippen LogP contribution in [-0.2, 0) is 0 Å². The summed E-state index contributed by atoms with van der Waals surface area (Å²) in [6.07, 6.45) is 0.951. The predicted molar refractivity (Wildman–Crippen MR) is 107 cm³/mol. The summed E-state index contributed by atoms with van der Waals surface area (Å²) in [5.74, 6) is -0.190. The number of imidazole rings is 1. The number of fused-ring (bicyclic) bond motifs is 1. The monoisotopic (exact) mass is 378 g/mol. The van der Waals surface area contributed by atoms with Crippen LogP contribution in [0.25, 0.3) is 27.5 Å². The van der Waals surface area contributed by atoms with Crippen molar-refractivity contribution in [3.05, 3.63) is 65.7 Å². The molecule has 4 rings (SSSR count). The Kier molecular flexibility index (Phi) is 4.64. The van der Waals surface area contributed by atoms with Crippen molar-refractivity contribution < 1.29 is 14.6 Å². The molecule has 27 heavy (non-hydrogen) atoms. The number of nitrogens with zero attached hydrogens (tertiary/aromatic N) is 2. The highest BCUT2D eigenvalue weighted by molar-refractivity contribution is 7.15. The van der Waals surface area contributed by atoms with Crippen molar-refractivity contribution in [3.63, 3.8) is 0 Å². The summed E-state index contributed by atoms with van der Waals surface area (Å²) in [4.78, 5) is 17.3. The molecule has 2 aromatic carbocycles. The smallest absolute Gasteiger partial charge is 0.355 e. The van der Waals surface area contributed by atoms with E-state index in [2.05, 4.69) is 11.9 Å². The number of hydrogen-bond acceptors (Lipinski definition) is 4. The van der Waals surface area contributed by atoms with E-state index in [0.29, 0.717) is 17.3 Å². The Balaban J connectivity index is 1.83. The second-order valence-corrected chi connectivity index (χ2v) is 6.93. The lowest BCUT2D eigenvalue weighted by Gasteiger charge is -2.07. The van der Waals surface area contributed by atoms with Crippen LogP contribution < -0.4 is 4.74 Å². The molecular weight excluding hydrogens is 360 g/mol. The van der Waals surface area contributed by atoms with Gasteiger partial charge in [-0.2, -0.15) is 0 Å². The zero-order chi connectivity index (χ0) is 18.8. The van der Waals surface area contributed by atoms with Crippen LogP contribution >= 0.6 is 11.3 Å². The minimum atomic E-state index is -0.996. The highest BCUT2D eigenvalue weighted by Crippen LogP contribution is 2.33. The fourth-order valence-electron chi connectivity index (χ4n) is 3.00. The molecule has 0 bridgehead atoms. The number of benzene rings is 2. The van der Waals surface area contributed by atoms with Crippen LogP contribution in [0.1, 0.15) is 23.8 Å². The lowest BCUT2D eigenvalue weighted by molar-refractivity contribution is 0.0690. The summed E-state index contributed by atoms with van der Waals surface area (Å²) in [5, 5.41) is 11.8. The quantitative estimate of drug-likeness (QED) is 0.500. The SMILES string of the molecule is CCCOc1ccc(-c2csc3nc(-c4ccccc4)c(C(=O)O)n23)cc1. The van der Waals surface area contributed by atoms with Crippen molar-refractivity contribution >= 4 is 22.3 Å². The zero-order valence-corrected chi connectivity index (χ0v) is 15.6. The Morgan fingerprint density at radius 1 is 1.11 bits per heavy atom. The Morgan fingerprint density at radius 2 is 1.85 bits per heavy atom. The first-order valence-electron chi connectivity index (χ1n) is 8.71. The molecule has 136 valence electrons. The van der Waals surface area contributed by atoms with E-state index in [9.17, 15) is 9.90 Å². The molecule has 1 N–H and O–H groups in total. The second kappa shape index (κ2) is 7.25. The van der Waals surface area contributed by atoms with Gasteiger partial charge in [0, 0.05) is 10.9 Å². The Morgan fingerprint density at radius 3 is 2.52 bits per heavy atom. The van der Waals surface area contributed by atoms with E-state index in [4.69, 9.17) is 4.74 Å². The number of carbonyl (C=O) groups is 1. The van der Waals surface area contributed by atoms with Gasteiger partial charge in [0.15, 0.2) is 10.7 Å². The molecule has 0 saturated carbocycles. The Hall–Kier alpha value is -3.12. The number of carboxylic acid groups (broad SMARTS) is 1. The van der Waals surface area contributed by atoms with E-state index >= 15 is 0 Å². The van der Waals surface area contributed by atoms with Gasteiger partial charge < -0.3 is 9.84 Å². The van der Waals surface area contributed by atoms with Gasteiger partial charge in [0.1, 0.15) is 11.4 Å². The maximum atomic E-state index is 12.0. The van der Waals surface area contributed by atoms with Crippen molar-refractivity contribution in [2.45, 2.75) is 13.3 Å². The number of hydrogen-bond donors (Lipinski definition) is 1. The van der Waals surface area contributed by atoms with Gasteiger partial charge in [0.2, 0.25) is 0 Å². The summed E-state index contributed by atoms with van der Waals surface area (Å²) in [7, 11) is 0.